The summed E-state index contributed by atoms with van der Waals surface area (Å²) in [5.74, 6) is 0. The van der Waals surface area contributed by atoms with Crippen molar-refractivity contribution in [3.05, 3.63) is 176 Å². The summed E-state index contributed by atoms with van der Waals surface area (Å²) in [6.07, 6.45) is 4.61. The summed E-state index contributed by atoms with van der Waals surface area (Å²) >= 11 is 4.04. The molecule has 0 amide bonds. The van der Waals surface area contributed by atoms with Gasteiger partial charge in [0.2, 0.25) is 0 Å². The lowest BCUT2D eigenvalue weighted by atomic mass is 9.63. The SMILES string of the molecule is CC1(C)c2ccccc2-c2cc3c(cc21)C=Cc1c(cc(Br)c2c1oc1ccccc12)C3(c1ccccc1)c1ccccc1. The van der Waals surface area contributed by atoms with E-state index in [4.69, 9.17) is 4.42 Å². The first kappa shape index (κ1) is 25.8. The Morgan fingerprint density at radius 3 is 1.98 bits per heavy atom. The van der Waals surface area contributed by atoms with Crippen LogP contribution < -0.4 is 0 Å². The average molecular weight is 630 g/mol. The van der Waals surface area contributed by atoms with Gasteiger partial charge in [-0.05, 0) is 74.3 Å². The molecule has 0 N–H and O–H groups in total. The van der Waals surface area contributed by atoms with E-state index in [0.29, 0.717) is 0 Å². The lowest BCUT2D eigenvalue weighted by Crippen LogP contribution is -2.32. The van der Waals surface area contributed by atoms with Gasteiger partial charge in [-0.15, -0.1) is 0 Å². The zero-order valence-electron chi connectivity index (χ0n) is 24.6. The molecule has 1 aromatic heterocycles. The zero-order chi connectivity index (χ0) is 29.6. The number of hydrogen-bond donors (Lipinski definition) is 0. The number of furan rings is 1. The number of hydrogen-bond acceptors (Lipinski definition) is 1. The predicted molar refractivity (Wildman–Crippen MR) is 186 cm³/mol. The molecule has 0 aliphatic heterocycles. The molecule has 44 heavy (non-hydrogen) atoms. The van der Waals surface area contributed by atoms with Crippen molar-refractivity contribution in [3.8, 4) is 11.1 Å². The van der Waals surface area contributed by atoms with E-state index in [1.807, 2.05) is 6.07 Å². The van der Waals surface area contributed by atoms with E-state index in [2.05, 4.69) is 163 Å². The van der Waals surface area contributed by atoms with E-state index < -0.39 is 5.41 Å². The summed E-state index contributed by atoms with van der Waals surface area (Å²) in [6, 6.07) is 46.6. The fourth-order valence-corrected chi connectivity index (χ4v) is 8.68. The van der Waals surface area contributed by atoms with Crippen LogP contribution in [0.3, 0.4) is 0 Å². The second kappa shape index (κ2) is 9.17. The molecular formula is C42H29BrO. The standard InChI is InChI=1S/C42H29BrO/c1-41(2)33-19-11-9-17-29(33)32-24-34-26(23-35(32)41)21-22-30-36(25-37(43)39-31-18-10-12-20-38(31)44-40(30)39)42(34,27-13-5-3-6-14-27)28-15-7-4-8-16-28/h3-25H,1-2H3. The molecule has 2 aliphatic carbocycles. The Hall–Kier alpha value is -4.66. The number of benzene rings is 6. The van der Waals surface area contributed by atoms with Crippen molar-refractivity contribution in [2.75, 3.05) is 0 Å². The van der Waals surface area contributed by atoms with Gasteiger partial charge in [-0.1, -0.05) is 145 Å². The molecule has 0 saturated heterocycles. The second-order valence-electron chi connectivity index (χ2n) is 12.6. The Morgan fingerprint density at radius 1 is 0.568 bits per heavy atom. The number of fused-ring (bicyclic) bond motifs is 9. The molecule has 0 radical (unpaired) electrons. The quantitative estimate of drug-likeness (QED) is 0.185. The molecule has 7 aromatic rings. The van der Waals surface area contributed by atoms with Crippen LogP contribution in [0, 0.1) is 0 Å². The maximum Gasteiger partial charge on any atom is 0.144 e. The molecule has 0 bridgehead atoms. The van der Waals surface area contributed by atoms with Crippen LogP contribution in [-0.2, 0) is 10.8 Å². The summed E-state index contributed by atoms with van der Waals surface area (Å²) in [7, 11) is 0. The molecule has 1 nitrogen and oxygen atoms in total. The topological polar surface area (TPSA) is 13.1 Å². The van der Waals surface area contributed by atoms with Crippen LogP contribution in [0.4, 0.5) is 0 Å². The highest BCUT2D eigenvalue weighted by molar-refractivity contribution is 9.10. The fourth-order valence-electron chi connectivity index (χ4n) is 8.06. The second-order valence-corrected chi connectivity index (χ2v) is 13.4. The minimum Gasteiger partial charge on any atom is -0.455 e. The van der Waals surface area contributed by atoms with Crippen LogP contribution >= 0.6 is 15.9 Å². The molecule has 0 fully saturated rings. The van der Waals surface area contributed by atoms with Gasteiger partial charge >= 0.3 is 0 Å². The summed E-state index contributed by atoms with van der Waals surface area (Å²) in [6.45, 7) is 4.71. The lowest BCUT2D eigenvalue weighted by molar-refractivity contribution is 0.658. The van der Waals surface area contributed by atoms with Crippen molar-refractivity contribution >= 4 is 50.0 Å². The molecule has 0 atom stereocenters. The average Bonchev–Trinajstić information content (AvgIpc) is 3.50. The smallest absolute Gasteiger partial charge is 0.144 e. The Kier molecular flexibility index (Phi) is 5.38. The van der Waals surface area contributed by atoms with E-state index in [0.717, 1.165) is 32.0 Å². The van der Waals surface area contributed by atoms with Crippen molar-refractivity contribution in [1.29, 1.82) is 0 Å². The van der Waals surface area contributed by atoms with Gasteiger partial charge in [0.15, 0.2) is 0 Å². The molecular weight excluding hydrogens is 600 g/mol. The lowest BCUT2D eigenvalue weighted by Gasteiger charge is -2.38. The van der Waals surface area contributed by atoms with Crippen LogP contribution in [-0.4, -0.2) is 0 Å². The van der Waals surface area contributed by atoms with Crippen LogP contribution in [0.5, 0.6) is 0 Å². The van der Waals surface area contributed by atoms with Crippen LogP contribution in [0.1, 0.15) is 58.4 Å². The first-order valence-electron chi connectivity index (χ1n) is 15.2. The van der Waals surface area contributed by atoms with Crippen LogP contribution in [0.15, 0.2) is 136 Å². The maximum absolute atomic E-state index is 6.73. The molecule has 2 heteroatoms. The summed E-state index contributed by atoms with van der Waals surface area (Å²) in [4.78, 5) is 0. The maximum atomic E-state index is 6.73. The Labute approximate surface area is 265 Å². The van der Waals surface area contributed by atoms with Crippen LogP contribution in [0.25, 0.3) is 45.2 Å². The molecule has 0 saturated carbocycles. The predicted octanol–water partition coefficient (Wildman–Crippen LogP) is 11.5. The molecule has 6 aromatic carbocycles. The van der Waals surface area contributed by atoms with Gasteiger partial charge in [0, 0.05) is 26.2 Å². The summed E-state index contributed by atoms with van der Waals surface area (Å²) < 4.78 is 7.77. The number of rotatable bonds is 2. The largest absolute Gasteiger partial charge is 0.455 e. The third-order valence-electron chi connectivity index (χ3n) is 10.0. The normalized spacial score (nSPS) is 15.4. The molecule has 2 aliphatic rings. The minimum atomic E-state index is -0.608. The Morgan fingerprint density at radius 2 is 1.23 bits per heavy atom. The molecule has 9 rings (SSSR count). The first-order chi connectivity index (χ1) is 21.5. The number of halogens is 1. The third kappa shape index (κ3) is 3.29. The van der Waals surface area contributed by atoms with Gasteiger partial charge in [-0.25, -0.2) is 0 Å². The van der Waals surface area contributed by atoms with E-state index in [1.165, 1.54) is 50.1 Å². The summed E-state index contributed by atoms with van der Waals surface area (Å²) in [5, 5.41) is 2.23. The van der Waals surface area contributed by atoms with E-state index in [1.54, 1.807) is 0 Å². The van der Waals surface area contributed by atoms with E-state index in [9.17, 15) is 0 Å². The highest BCUT2D eigenvalue weighted by atomic mass is 79.9. The fraction of sp³-hybridized carbons (Fsp3) is 0.0952. The molecule has 0 unspecified atom stereocenters. The zero-order valence-corrected chi connectivity index (χ0v) is 26.2. The van der Waals surface area contributed by atoms with Gasteiger partial charge in [-0.2, -0.15) is 0 Å². The minimum absolute atomic E-state index is 0.0921. The van der Waals surface area contributed by atoms with Gasteiger partial charge in [0.05, 0.1) is 5.41 Å². The molecule has 210 valence electrons. The van der Waals surface area contributed by atoms with Gasteiger partial charge in [0.25, 0.3) is 0 Å². The highest BCUT2D eigenvalue weighted by Crippen LogP contribution is 2.56. The molecule has 1 heterocycles. The van der Waals surface area contributed by atoms with Crippen molar-refractivity contribution in [3.63, 3.8) is 0 Å². The third-order valence-corrected chi connectivity index (χ3v) is 10.7. The first-order valence-corrected chi connectivity index (χ1v) is 16.0. The van der Waals surface area contributed by atoms with Gasteiger partial charge in [0.1, 0.15) is 11.2 Å². The highest BCUT2D eigenvalue weighted by Gasteiger charge is 2.45. The summed E-state index contributed by atoms with van der Waals surface area (Å²) in [5.41, 5.74) is 13.8. The van der Waals surface area contributed by atoms with Gasteiger partial charge in [-0.3, -0.25) is 0 Å². The number of para-hydroxylation sites is 1. The van der Waals surface area contributed by atoms with E-state index in [-0.39, 0.29) is 5.41 Å². The van der Waals surface area contributed by atoms with Crippen LogP contribution in [0.2, 0.25) is 0 Å². The van der Waals surface area contributed by atoms with E-state index >= 15 is 0 Å². The van der Waals surface area contributed by atoms with Gasteiger partial charge < -0.3 is 4.42 Å². The van der Waals surface area contributed by atoms with Crippen molar-refractivity contribution in [2.24, 2.45) is 0 Å². The molecule has 0 spiro atoms. The van der Waals surface area contributed by atoms with Crippen molar-refractivity contribution in [2.45, 2.75) is 24.7 Å². The van der Waals surface area contributed by atoms with Crippen molar-refractivity contribution < 1.29 is 4.42 Å². The van der Waals surface area contributed by atoms with Crippen molar-refractivity contribution in [1.82, 2.24) is 0 Å². The Balaban J connectivity index is 1.50. The Bertz CT molecular complexity index is 2260. The monoisotopic (exact) mass is 628 g/mol.